The highest BCUT2D eigenvalue weighted by Crippen LogP contribution is 2.32. The number of likely N-dealkylation sites (tertiary alicyclic amines) is 1. The molecule has 1 aliphatic heterocycles. The van der Waals surface area contributed by atoms with Crippen LogP contribution in [0, 0.1) is 13.8 Å². The van der Waals surface area contributed by atoms with E-state index in [0.717, 1.165) is 42.4 Å². The molecule has 0 radical (unpaired) electrons. The summed E-state index contributed by atoms with van der Waals surface area (Å²) in [5.74, 6) is 2.90. The molecule has 1 aromatic heterocycles. The van der Waals surface area contributed by atoms with E-state index < -0.39 is 0 Å². The molecule has 1 fully saturated rings. The number of benzene rings is 2. The molecule has 4 rings (SSSR count). The van der Waals surface area contributed by atoms with E-state index in [0.29, 0.717) is 11.8 Å². The summed E-state index contributed by atoms with van der Waals surface area (Å²) in [5, 5.41) is 0. The monoisotopic (exact) mass is 376 g/mol. The minimum atomic E-state index is 0.592. The van der Waals surface area contributed by atoms with Crippen LogP contribution in [0.5, 0.6) is 5.75 Å². The number of oxazole rings is 1. The summed E-state index contributed by atoms with van der Waals surface area (Å²) in [4.78, 5) is 7.31. The van der Waals surface area contributed by atoms with E-state index in [1.807, 2.05) is 31.2 Å². The van der Waals surface area contributed by atoms with Gasteiger partial charge in [-0.15, -0.1) is 0 Å². The van der Waals surface area contributed by atoms with Crippen molar-refractivity contribution < 1.29 is 9.15 Å². The van der Waals surface area contributed by atoms with Crippen molar-refractivity contribution in [3.63, 3.8) is 0 Å². The zero-order valence-electron chi connectivity index (χ0n) is 16.9. The third-order valence-corrected chi connectivity index (χ3v) is 5.62. The number of piperidine rings is 1. The Bertz CT molecular complexity index is 947. The molecule has 0 N–H and O–H groups in total. The highest BCUT2D eigenvalue weighted by Gasteiger charge is 2.24. The van der Waals surface area contributed by atoms with Gasteiger partial charge in [0.1, 0.15) is 11.5 Å². The minimum absolute atomic E-state index is 0.592. The molecule has 3 aromatic rings. The van der Waals surface area contributed by atoms with Gasteiger partial charge in [-0.1, -0.05) is 42.0 Å². The lowest BCUT2D eigenvalue weighted by Crippen LogP contribution is -2.34. The van der Waals surface area contributed by atoms with Crippen LogP contribution in [0.4, 0.5) is 0 Å². The Hall–Kier alpha value is -2.59. The van der Waals surface area contributed by atoms with Gasteiger partial charge >= 0.3 is 0 Å². The van der Waals surface area contributed by atoms with Crippen LogP contribution in [0.15, 0.2) is 52.9 Å². The van der Waals surface area contributed by atoms with E-state index in [1.54, 1.807) is 7.11 Å². The van der Waals surface area contributed by atoms with Crippen LogP contribution < -0.4 is 4.74 Å². The van der Waals surface area contributed by atoms with E-state index >= 15 is 0 Å². The maximum absolute atomic E-state index is 5.99. The number of aryl methyl sites for hydroxylation is 2. The average Bonchev–Trinajstić information content (AvgIpc) is 3.08. The first-order valence-electron chi connectivity index (χ1n) is 10.0. The number of rotatable bonds is 5. The predicted octanol–water partition coefficient (Wildman–Crippen LogP) is 5.35. The zero-order valence-corrected chi connectivity index (χ0v) is 16.9. The van der Waals surface area contributed by atoms with Gasteiger partial charge in [0.25, 0.3) is 0 Å². The fraction of sp³-hybridized carbons (Fsp3) is 0.375. The second kappa shape index (κ2) is 8.19. The largest absolute Gasteiger partial charge is 0.496 e. The Kier molecular flexibility index (Phi) is 5.49. The third-order valence-electron chi connectivity index (χ3n) is 5.62. The number of para-hydroxylation sites is 1. The van der Waals surface area contributed by atoms with Gasteiger partial charge in [0, 0.05) is 13.1 Å². The summed E-state index contributed by atoms with van der Waals surface area (Å²) in [6, 6.07) is 16.8. The minimum Gasteiger partial charge on any atom is -0.496 e. The van der Waals surface area contributed by atoms with Crippen molar-refractivity contribution in [2.45, 2.75) is 39.2 Å². The third kappa shape index (κ3) is 3.97. The Labute approximate surface area is 167 Å². The molecule has 146 valence electrons. The number of aromatic nitrogens is 1. The summed E-state index contributed by atoms with van der Waals surface area (Å²) in [6.45, 7) is 7.18. The Morgan fingerprint density at radius 2 is 2.00 bits per heavy atom. The maximum Gasteiger partial charge on any atom is 0.230 e. The number of hydrogen-bond acceptors (Lipinski definition) is 4. The van der Waals surface area contributed by atoms with Gasteiger partial charge in [0.15, 0.2) is 0 Å². The molecule has 2 heterocycles. The topological polar surface area (TPSA) is 38.5 Å². The van der Waals surface area contributed by atoms with Crippen molar-refractivity contribution in [2.24, 2.45) is 0 Å². The summed E-state index contributed by atoms with van der Waals surface area (Å²) >= 11 is 0. The number of nitrogens with zero attached hydrogens (tertiary/aromatic N) is 2. The highest BCUT2D eigenvalue weighted by atomic mass is 16.5. The van der Waals surface area contributed by atoms with Crippen LogP contribution in [-0.2, 0) is 6.54 Å². The van der Waals surface area contributed by atoms with Gasteiger partial charge in [-0.25, -0.2) is 4.98 Å². The van der Waals surface area contributed by atoms with Crippen LogP contribution in [0.25, 0.3) is 11.5 Å². The Balaban J connectivity index is 1.51. The molecule has 4 nitrogen and oxygen atoms in total. The van der Waals surface area contributed by atoms with Gasteiger partial charge in [0.05, 0.1) is 18.4 Å². The van der Waals surface area contributed by atoms with E-state index in [-0.39, 0.29) is 0 Å². The van der Waals surface area contributed by atoms with Gasteiger partial charge in [-0.2, -0.15) is 0 Å². The molecule has 4 heteroatoms. The molecule has 0 saturated carbocycles. The molecule has 0 aliphatic carbocycles. The van der Waals surface area contributed by atoms with Crippen LogP contribution in [-0.4, -0.2) is 30.1 Å². The first-order valence-corrected chi connectivity index (χ1v) is 10.0. The lowest BCUT2D eigenvalue weighted by Gasteiger charge is -2.32. The SMILES string of the molecule is COc1ccccc1-c1nc(CN2CCCC(c3cccc(C)c3)C2)c(C)o1. The first-order chi connectivity index (χ1) is 13.6. The smallest absolute Gasteiger partial charge is 0.230 e. The molecule has 28 heavy (non-hydrogen) atoms. The maximum atomic E-state index is 5.99. The van der Waals surface area contributed by atoms with E-state index in [4.69, 9.17) is 14.1 Å². The second-order valence-corrected chi connectivity index (χ2v) is 7.71. The van der Waals surface area contributed by atoms with Crippen molar-refractivity contribution >= 4 is 0 Å². The van der Waals surface area contributed by atoms with Crippen molar-refractivity contribution in [2.75, 3.05) is 20.2 Å². The molecule has 1 aliphatic rings. The lowest BCUT2D eigenvalue weighted by molar-refractivity contribution is 0.197. The summed E-state index contributed by atoms with van der Waals surface area (Å²) in [6.07, 6.45) is 2.47. The quantitative estimate of drug-likeness (QED) is 0.602. The van der Waals surface area contributed by atoms with Gasteiger partial charge in [0.2, 0.25) is 5.89 Å². The van der Waals surface area contributed by atoms with Crippen molar-refractivity contribution in [1.82, 2.24) is 9.88 Å². The Morgan fingerprint density at radius 3 is 2.82 bits per heavy atom. The zero-order chi connectivity index (χ0) is 19.5. The van der Waals surface area contributed by atoms with Crippen LogP contribution in [0.3, 0.4) is 0 Å². The average molecular weight is 377 g/mol. The highest BCUT2D eigenvalue weighted by molar-refractivity contribution is 5.62. The van der Waals surface area contributed by atoms with Gasteiger partial charge < -0.3 is 9.15 Å². The van der Waals surface area contributed by atoms with Crippen LogP contribution in [0.2, 0.25) is 0 Å². The molecule has 1 saturated heterocycles. The fourth-order valence-electron chi connectivity index (χ4n) is 4.12. The number of methoxy groups -OCH3 is 1. The standard InChI is InChI=1S/C24H28N2O2/c1-17-8-6-9-19(14-17)20-10-7-13-26(15-20)16-22-18(2)28-24(25-22)21-11-4-5-12-23(21)27-3/h4-6,8-9,11-12,14,20H,7,10,13,15-16H2,1-3H3. The molecule has 1 atom stereocenters. The predicted molar refractivity (Wildman–Crippen MR) is 112 cm³/mol. The number of ether oxygens (including phenoxy) is 1. The second-order valence-electron chi connectivity index (χ2n) is 7.71. The lowest BCUT2D eigenvalue weighted by atomic mass is 9.90. The molecule has 1 unspecified atom stereocenters. The van der Waals surface area contributed by atoms with Gasteiger partial charge in [-0.05, 0) is 56.8 Å². The van der Waals surface area contributed by atoms with Crippen molar-refractivity contribution in [3.05, 3.63) is 71.1 Å². The van der Waals surface area contributed by atoms with Crippen molar-refractivity contribution in [1.29, 1.82) is 0 Å². The van der Waals surface area contributed by atoms with Crippen LogP contribution >= 0.6 is 0 Å². The summed E-state index contributed by atoms with van der Waals surface area (Å²) < 4.78 is 11.5. The summed E-state index contributed by atoms with van der Waals surface area (Å²) in [7, 11) is 1.68. The van der Waals surface area contributed by atoms with E-state index in [9.17, 15) is 0 Å². The molecule has 0 spiro atoms. The summed E-state index contributed by atoms with van der Waals surface area (Å²) in [5.41, 5.74) is 4.71. The molecular weight excluding hydrogens is 348 g/mol. The first kappa shape index (κ1) is 18.8. The van der Waals surface area contributed by atoms with Crippen LogP contribution in [0.1, 0.15) is 41.3 Å². The normalized spacial score (nSPS) is 17.6. The fourth-order valence-corrected chi connectivity index (χ4v) is 4.12. The molecule has 2 aromatic carbocycles. The van der Waals surface area contributed by atoms with E-state index in [2.05, 4.69) is 36.1 Å². The van der Waals surface area contributed by atoms with Gasteiger partial charge in [-0.3, -0.25) is 4.90 Å². The van der Waals surface area contributed by atoms with E-state index in [1.165, 1.54) is 24.0 Å². The van der Waals surface area contributed by atoms with Crippen molar-refractivity contribution in [3.8, 4) is 17.2 Å². The molecule has 0 bridgehead atoms. The Morgan fingerprint density at radius 1 is 1.14 bits per heavy atom. The molecular formula is C24H28N2O2. The number of hydrogen-bond donors (Lipinski definition) is 0. The molecule has 0 amide bonds.